The number of nitrogens with one attached hydrogen (secondary N) is 1. The molecule has 1 fully saturated rings. The van der Waals surface area contributed by atoms with Gasteiger partial charge in [-0.1, -0.05) is 37.3 Å². The Morgan fingerprint density at radius 1 is 1.32 bits per heavy atom. The number of sulfonamides is 1. The number of hydrogen-bond donors (Lipinski definition) is 1. The van der Waals surface area contributed by atoms with Gasteiger partial charge in [-0.2, -0.15) is 0 Å². The summed E-state index contributed by atoms with van der Waals surface area (Å²) >= 11 is 0. The number of ether oxygens (including phenoxy) is 1. The lowest BCUT2D eigenvalue weighted by atomic mass is 10.1. The largest absolute Gasteiger partial charge is 0.381 e. The van der Waals surface area contributed by atoms with Gasteiger partial charge in [0.1, 0.15) is 0 Å². The van der Waals surface area contributed by atoms with Crippen molar-refractivity contribution in [2.45, 2.75) is 32.5 Å². The molecular weight excluding hydrogens is 300 g/mol. The third-order valence-electron chi connectivity index (χ3n) is 4.12. The SMILES string of the molecule is COC(C)CS(=O)(=O)NC1CN(Cc2ccccc2)CC1C. The molecule has 5 nitrogen and oxygen atoms in total. The van der Waals surface area contributed by atoms with Gasteiger partial charge in [-0.3, -0.25) is 4.90 Å². The highest BCUT2D eigenvalue weighted by Crippen LogP contribution is 2.19. The lowest BCUT2D eigenvalue weighted by molar-refractivity contribution is 0.136. The van der Waals surface area contributed by atoms with Gasteiger partial charge in [0.15, 0.2) is 0 Å². The lowest BCUT2D eigenvalue weighted by Gasteiger charge is -2.19. The molecule has 1 aliphatic heterocycles. The zero-order chi connectivity index (χ0) is 16.2. The van der Waals surface area contributed by atoms with Gasteiger partial charge in [0, 0.05) is 32.8 Å². The van der Waals surface area contributed by atoms with Crippen LogP contribution in [0.4, 0.5) is 0 Å². The van der Waals surface area contributed by atoms with E-state index in [1.807, 2.05) is 18.2 Å². The van der Waals surface area contributed by atoms with Crippen LogP contribution in [-0.4, -0.2) is 51.4 Å². The predicted molar refractivity (Wildman–Crippen MR) is 88.1 cm³/mol. The molecule has 2 rings (SSSR count). The van der Waals surface area contributed by atoms with E-state index in [0.717, 1.165) is 19.6 Å². The normalized spacial score (nSPS) is 24.5. The van der Waals surface area contributed by atoms with E-state index in [1.54, 1.807) is 6.92 Å². The van der Waals surface area contributed by atoms with Gasteiger partial charge < -0.3 is 4.74 Å². The van der Waals surface area contributed by atoms with Crippen LogP contribution in [0.1, 0.15) is 19.4 Å². The minimum Gasteiger partial charge on any atom is -0.381 e. The number of rotatable bonds is 7. The van der Waals surface area contributed by atoms with E-state index in [-0.39, 0.29) is 17.9 Å². The molecule has 3 unspecified atom stereocenters. The van der Waals surface area contributed by atoms with Crippen molar-refractivity contribution in [1.82, 2.24) is 9.62 Å². The Morgan fingerprint density at radius 3 is 2.64 bits per heavy atom. The molecule has 6 heteroatoms. The number of hydrogen-bond acceptors (Lipinski definition) is 4. The number of methoxy groups -OCH3 is 1. The van der Waals surface area contributed by atoms with Gasteiger partial charge in [-0.15, -0.1) is 0 Å². The first-order chi connectivity index (χ1) is 10.4. The Hall–Kier alpha value is -0.950. The van der Waals surface area contributed by atoms with Crippen molar-refractivity contribution in [2.24, 2.45) is 5.92 Å². The molecule has 0 amide bonds. The standard InChI is InChI=1S/C16H26N2O3S/c1-13-9-18(10-15-7-5-4-6-8-15)11-16(13)17-22(19,20)12-14(2)21-3/h4-8,13-14,16-17H,9-12H2,1-3H3. The summed E-state index contributed by atoms with van der Waals surface area (Å²) in [5.74, 6) is 0.308. The third kappa shape index (κ3) is 5.05. The monoisotopic (exact) mass is 326 g/mol. The van der Waals surface area contributed by atoms with Gasteiger partial charge >= 0.3 is 0 Å². The Balaban J connectivity index is 1.91. The maximum Gasteiger partial charge on any atom is 0.214 e. The predicted octanol–water partition coefficient (Wildman–Crippen LogP) is 1.46. The maximum atomic E-state index is 12.2. The molecule has 0 aliphatic carbocycles. The van der Waals surface area contributed by atoms with E-state index in [0.29, 0.717) is 5.92 Å². The van der Waals surface area contributed by atoms with Crippen molar-refractivity contribution in [1.29, 1.82) is 0 Å². The average molecular weight is 326 g/mol. The van der Waals surface area contributed by atoms with Crippen LogP contribution in [0.5, 0.6) is 0 Å². The van der Waals surface area contributed by atoms with E-state index >= 15 is 0 Å². The molecule has 3 atom stereocenters. The molecule has 124 valence electrons. The average Bonchev–Trinajstić information content (AvgIpc) is 2.78. The van der Waals surface area contributed by atoms with Crippen LogP contribution < -0.4 is 4.72 Å². The van der Waals surface area contributed by atoms with Crippen LogP contribution in [0.3, 0.4) is 0 Å². The first kappa shape index (κ1) is 17.4. The zero-order valence-corrected chi connectivity index (χ0v) is 14.3. The summed E-state index contributed by atoms with van der Waals surface area (Å²) in [6.07, 6.45) is -0.297. The zero-order valence-electron chi connectivity index (χ0n) is 13.5. The van der Waals surface area contributed by atoms with Crippen molar-refractivity contribution >= 4 is 10.0 Å². The van der Waals surface area contributed by atoms with Crippen molar-refractivity contribution < 1.29 is 13.2 Å². The van der Waals surface area contributed by atoms with Gasteiger partial charge in [0.2, 0.25) is 10.0 Å². The van der Waals surface area contributed by atoms with Crippen molar-refractivity contribution in [3.05, 3.63) is 35.9 Å². The molecule has 1 aromatic carbocycles. The quantitative estimate of drug-likeness (QED) is 0.824. The second kappa shape index (κ2) is 7.55. The first-order valence-electron chi connectivity index (χ1n) is 7.68. The van der Waals surface area contributed by atoms with Gasteiger partial charge in [0.05, 0.1) is 11.9 Å². The van der Waals surface area contributed by atoms with E-state index in [1.165, 1.54) is 12.7 Å². The van der Waals surface area contributed by atoms with Crippen LogP contribution in [-0.2, 0) is 21.3 Å². The molecule has 1 N–H and O–H groups in total. The Morgan fingerprint density at radius 2 is 2.00 bits per heavy atom. The number of nitrogens with zero attached hydrogens (tertiary/aromatic N) is 1. The van der Waals surface area contributed by atoms with Crippen molar-refractivity contribution in [3.8, 4) is 0 Å². The van der Waals surface area contributed by atoms with Crippen LogP contribution in [0, 0.1) is 5.92 Å². The molecule has 0 spiro atoms. The molecule has 0 radical (unpaired) electrons. The number of benzene rings is 1. The highest BCUT2D eigenvalue weighted by molar-refractivity contribution is 7.89. The lowest BCUT2D eigenvalue weighted by Crippen LogP contribution is -2.42. The van der Waals surface area contributed by atoms with Crippen LogP contribution in [0.2, 0.25) is 0 Å². The smallest absolute Gasteiger partial charge is 0.214 e. The Kier molecular flexibility index (Phi) is 5.97. The second-order valence-corrected chi connectivity index (χ2v) is 8.01. The molecular formula is C16H26N2O3S. The highest BCUT2D eigenvalue weighted by atomic mass is 32.2. The molecule has 1 heterocycles. The van der Waals surface area contributed by atoms with Gasteiger partial charge in [-0.25, -0.2) is 13.1 Å². The van der Waals surface area contributed by atoms with Crippen molar-refractivity contribution in [2.75, 3.05) is 26.0 Å². The molecule has 1 aliphatic rings. The summed E-state index contributed by atoms with van der Waals surface area (Å²) in [6.45, 7) is 6.37. The second-order valence-electron chi connectivity index (χ2n) is 6.21. The topological polar surface area (TPSA) is 58.6 Å². The Labute approximate surface area is 133 Å². The van der Waals surface area contributed by atoms with Gasteiger partial charge in [0.25, 0.3) is 0 Å². The summed E-state index contributed by atoms with van der Waals surface area (Å²) in [4.78, 5) is 2.30. The van der Waals surface area contributed by atoms with E-state index in [2.05, 4.69) is 28.7 Å². The van der Waals surface area contributed by atoms with E-state index < -0.39 is 10.0 Å². The summed E-state index contributed by atoms with van der Waals surface area (Å²) in [5, 5.41) is 0. The summed E-state index contributed by atoms with van der Waals surface area (Å²) in [7, 11) is -1.78. The fourth-order valence-electron chi connectivity index (χ4n) is 2.85. The molecule has 0 bridgehead atoms. The van der Waals surface area contributed by atoms with Crippen molar-refractivity contribution in [3.63, 3.8) is 0 Å². The summed E-state index contributed by atoms with van der Waals surface area (Å²) < 4.78 is 32.2. The van der Waals surface area contributed by atoms with E-state index in [4.69, 9.17) is 4.74 Å². The summed E-state index contributed by atoms with van der Waals surface area (Å²) in [6, 6.07) is 10.2. The summed E-state index contributed by atoms with van der Waals surface area (Å²) in [5.41, 5.74) is 1.26. The van der Waals surface area contributed by atoms with Crippen LogP contribution in [0.25, 0.3) is 0 Å². The van der Waals surface area contributed by atoms with E-state index in [9.17, 15) is 8.42 Å². The molecule has 1 aromatic rings. The minimum atomic E-state index is -3.31. The number of likely N-dealkylation sites (tertiary alicyclic amines) is 1. The fourth-order valence-corrected chi connectivity index (χ4v) is 4.47. The van der Waals surface area contributed by atoms with Crippen LogP contribution >= 0.6 is 0 Å². The third-order valence-corrected chi connectivity index (χ3v) is 5.69. The molecule has 0 aromatic heterocycles. The molecule has 1 saturated heterocycles. The maximum absolute atomic E-state index is 12.2. The first-order valence-corrected chi connectivity index (χ1v) is 9.34. The molecule has 0 saturated carbocycles. The minimum absolute atomic E-state index is 0.00536. The Bertz CT molecular complexity index is 562. The highest BCUT2D eigenvalue weighted by Gasteiger charge is 2.32. The van der Waals surface area contributed by atoms with Gasteiger partial charge in [-0.05, 0) is 18.4 Å². The fraction of sp³-hybridized carbons (Fsp3) is 0.625. The van der Waals surface area contributed by atoms with Crippen LogP contribution in [0.15, 0.2) is 30.3 Å². The molecule has 22 heavy (non-hydrogen) atoms.